The molecule has 1 aromatic heterocycles. The number of nitrogen functional groups attached to an aromatic ring is 1. The van der Waals surface area contributed by atoms with Gasteiger partial charge in [-0.05, 0) is 19.8 Å². The van der Waals surface area contributed by atoms with E-state index in [4.69, 9.17) is 5.73 Å². The van der Waals surface area contributed by atoms with Crippen LogP contribution < -0.4 is 10.5 Å². The van der Waals surface area contributed by atoms with Crippen LogP contribution >= 0.6 is 11.3 Å². The molecule has 0 aromatic carbocycles. The van der Waals surface area contributed by atoms with Crippen molar-refractivity contribution in [3.8, 4) is 0 Å². The minimum Gasteiger partial charge on any atom is -0.374 e. The largest absolute Gasteiger partial charge is 0.374 e. The molecule has 0 amide bonds. The second-order valence-corrected chi connectivity index (χ2v) is 6.64. The topological polar surface area (TPSA) is 98.0 Å². The predicted octanol–water partition coefficient (Wildman–Crippen LogP) is 0.977. The molecule has 1 aromatic rings. The van der Waals surface area contributed by atoms with Gasteiger partial charge in [0.25, 0.3) is 10.0 Å². The van der Waals surface area contributed by atoms with Gasteiger partial charge in [-0.3, -0.25) is 0 Å². The highest BCUT2D eigenvalue weighted by molar-refractivity contribution is 7.91. The Morgan fingerprint density at radius 1 is 1.38 bits per heavy atom. The third-order valence-corrected chi connectivity index (χ3v) is 5.35. The minimum atomic E-state index is -3.61. The van der Waals surface area contributed by atoms with Crippen molar-refractivity contribution in [1.82, 2.24) is 14.9 Å². The third kappa shape index (κ3) is 2.89. The Labute approximate surface area is 99.3 Å². The van der Waals surface area contributed by atoms with Gasteiger partial charge in [0.2, 0.25) is 9.47 Å². The Morgan fingerprint density at radius 2 is 1.94 bits per heavy atom. The van der Waals surface area contributed by atoms with Gasteiger partial charge in [-0.15, -0.1) is 10.2 Å². The number of nitrogens with zero attached hydrogens (tertiary/aromatic N) is 2. The van der Waals surface area contributed by atoms with Crippen LogP contribution in [0.2, 0.25) is 0 Å². The molecule has 1 rings (SSSR count). The molecule has 1 heterocycles. The number of nitrogens with one attached hydrogen (secondary N) is 1. The first-order valence-electron chi connectivity index (χ1n) is 4.96. The predicted molar refractivity (Wildman–Crippen MR) is 63.6 cm³/mol. The van der Waals surface area contributed by atoms with Crippen molar-refractivity contribution in [3.05, 3.63) is 0 Å². The van der Waals surface area contributed by atoms with Crippen molar-refractivity contribution in [2.75, 3.05) is 5.73 Å². The standard InChI is InChI=1S/C8H16N4O2S2/c1-4-8(3,5-2)12-16(13,14)7-11-10-6(9)15-7/h12H,4-5H2,1-3H3,(H2,9,10). The highest BCUT2D eigenvalue weighted by Crippen LogP contribution is 2.21. The van der Waals surface area contributed by atoms with Gasteiger partial charge < -0.3 is 5.73 Å². The molecule has 0 aliphatic rings. The lowest BCUT2D eigenvalue weighted by molar-refractivity contribution is 0.388. The van der Waals surface area contributed by atoms with Gasteiger partial charge in [-0.1, -0.05) is 25.2 Å². The van der Waals surface area contributed by atoms with Gasteiger partial charge in [0.15, 0.2) is 0 Å². The third-order valence-electron chi connectivity index (χ3n) is 2.59. The lowest BCUT2D eigenvalue weighted by Crippen LogP contribution is -2.44. The van der Waals surface area contributed by atoms with Gasteiger partial charge in [0.1, 0.15) is 0 Å². The van der Waals surface area contributed by atoms with Crippen molar-refractivity contribution in [2.45, 2.75) is 43.5 Å². The number of hydrogen-bond donors (Lipinski definition) is 2. The molecule has 0 spiro atoms. The van der Waals surface area contributed by atoms with Crippen molar-refractivity contribution in [3.63, 3.8) is 0 Å². The van der Waals surface area contributed by atoms with Crippen LogP contribution in [-0.2, 0) is 10.0 Å². The van der Waals surface area contributed by atoms with Crippen molar-refractivity contribution < 1.29 is 8.42 Å². The molecule has 92 valence electrons. The second-order valence-electron chi connectivity index (χ2n) is 3.78. The monoisotopic (exact) mass is 264 g/mol. The summed E-state index contributed by atoms with van der Waals surface area (Å²) >= 11 is 0.861. The zero-order valence-corrected chi connectivity index (χ0v) is 11.2. The highest BCUT2D eigenvalue weighted by atomic mass is 32.2. The number of anilines is 1. The lowest BCUT2D eigenvalue weighted by atomic mass is 9.98. The number of sulfonamides is 1. The molecule has 16 heavy (non-hydrogen) atoms. The summed E-state index contributed by atoms with van der Waals surface area (Å²) < 4.78 is 26.4. The summed E-state index contributed by atoms with van der Waals surface area (Å²) in [7, 11) is -3.61. The van der Waals surface area contributed by atoms with Crippen molar-refractivity contribution in [2.24, 2.45) is 0 Å². The Bertz CT molecular complexity index is 450. The maximum Gasteiger partial charge on any atom is 0.270 e. The maximum absolute atomic E-state index is 11.9. The van der Waals surface area contributed by atoms with Crippen LogP contribution in [0.3, 0.4) is 0 Å². The molecule has 0 saturated carbocycles. The fourth-order valence-corrected chi connectivity index (χ4v) is 3.43. The van der Waals surface area contributed by atoms with Gasteiger partial charge >= 0.3 is 0 Å². The summed E-state index contributed by atoms with van der Waals surface area (Å²) in [4.78, 5) is 0. The number of rotatable bonds is 5. The molecule has 3 N–H and O–H groups in total. The summed E-state index contributed by atoms with van der Waals surface area (Å²) in [6.45, 7) is 5.72. The summed E-state index contributed by atoms with van der Waals surface area (Å²) in [6.07, 6.45) is 1.41. The average molecular weight is 264 g/mol. The zero-order chi connectivity index (χ0) is 12.4. The number of nitrogens with two attached hydrogens (primary N) is 1. The van der Waals surface area contributed by atoms with E-state index < -0.39 is 15.6 Å². The zero-order valence-electron chi connectivity index (χ0n) is 9.52. The van der Waals surface area contributed by atoms with E-state index in [1.807, 2.05) is 20.8 Å². The van der Waals surface area contributed by atoms with Crippen LogP contribution in [0, 0.1) is 0 Å². The molecule has 0 aliphatic heterocycles. The van der Waals surface area contributed by atoms with E-state index in [0.717, 1.165) is 11.3 Å². The van der Waals surface area contributed by atoms with Crippen LogP contribution in [0.15, 0.2) is 4.34 Å². The molecule has 0 fully saturated rings. The Morgan fingerprint density at radius 3 is 2.31 bits per heavy atom. The van der Waals surface area contributed by atoms with Gasteiger partial charge in [-0.2, -0.15) is 0 Å². The molecule has 0 atom stereocenters. The molecule has 0 radical (unpaired) electrons. The molecule has 0 saturated heterocycles. The fraction of sp³-hybridized carbons (Fsp3) is 0.750. The number of aromatic nitrogens is 2. The maximum atomic E-state index is 11.9. The van der Waals surface area contributed by atoms with Gasteiger partial charge in [-0.25, -0.2) is 13.1 Å². The van der Waals surface area contributed by atoms with Gasteiger partial charge in [0, 0.05) is 5.54 Å². The summed E-state index contributed by atoms with van der Waals surface area (Å²) in [5.74, 6) is 0. The van der Waals surface area contributed by atoms with E-state index in [9.17, 15) is 8.42 Å². The smallest absolute Gasteiger partial charge is 0.270 e. The van der Waals surface area contributed by atoms with Crippen molar-refractivity contribution in [1.29, 1.82) is 0 Å². The molecular formula is C8H16N4O2S2. The fourth-order valence-electron chi connectivity index (χ4n) is 1.09. The van der Waals surface area contributed by atoms with Crippen LogP contribution in [0.1, 0.15) is 33.6 Å². The van der Waals surface area contributed by atoms with Crippen molar-refractivity contribution >= 4 is 26.5 Å². The average Bonchev–Trinajstić information content (AvgIpc) is 2.65. The van der Waals surface area contributed by atoms with E-state index in [1.54, 1.807) is 0 Å². The highest BCUT2D eigenvalue weighted by Gasteiger charge is 2.29. The summed E-state index contributed by atoms with van der Waals surface area (Å²) in [5, 5.41) is 7.17. The Kier molecular flexibility index (Phi) is 3.87. The first-order valence-corrected chi connectivity index (χ1v) is 7.26. The van der Waals surface area contributed by atoms with Crippen LogP contribution in [0.25, 0.3) is 0 Å². The Hall–Kier alpha value is -0.730. The molecule has 0 aliphatic carbocycles. The van der Waals surface area contributed by atoms with Gasteiger partial charge in [0.05, 0.1) is 0 Å². The summed E-state index contributed by atoms with van der Waals surface area (Å²) in [5.41, 5.74) is 4.90. The Balaban J connectivity index is 2.96. The first kappa shape index (κ1) is 13.3. The molecule has 8 heteroatoms. The van der Waals surface area contributed by atoms with E-state index in [-0.39, 0.29) is 9.47 Å². The lowest BCUT2D eigenvalue weighted by Gasteiger charge is -2.26. The first-order chi connectivity index (χ1) is 7.33. The normalized spacial score (nSPS) is 12.9. The van der Waals surface area contributed by atoms with E-state index in [1.165, 1.54) is 0 Å². The number of hydrogen-bond acceptors (Lipinski definition) is 6. The molecule has 6 nitrogen and oxygen atoms in total. The minimum absolute atomic E-state index is 0.0851. The quantitative estimate of drug-likeness (QED) is 0.826. The van der Waals surface area contributed by atoms with Crippen LogP contribution in [0.4, 0.5) is 5.13 Å². The molecule has 0 bridgehead atoms. The van der Waals surface area contributed by atoms with E-state index >= 15 is 0 Å². The molecule has 0 unspecified atom stereocenters. The van der Waals surface area contributed by atoms with Crippen LogP contribution in [-0.4, -0.2) is 24.2 Å². The van der Waals surface area contributed by atoms with E-state index in [0.29, 0.717) is 12.8 Å². The summed E-state index contributed by atoms with van der Waals surface area (Å²) in [6, 6.07) is 0. The van der Waals surface area contributed by atoms with E-state index in [2.05, 4.69) is 14.9 Å². The SMILES string of the molecule is CCC(C)(CC)NS(=O)(=O)c1nnc(N)s1. The second kappa shape index (κ2) is 4.64. The van der Waals surface area contributed by atoms with Crippen LogP contribution in [0.5, 0.6) is 0 Å². The molecular weight excluding hydrogens is 248 g/mol.